The van der Waals surface area contributed by atoms with Gasteiger partial charge in [0.2, 0.25) is 0 Å². The topological polar surface area (TPSA) is 91.7 Å². The summed E-state index contributed by atoms with van der Waals surface area (Å²) in [5.41, 5.74) is 3.22. The Morgan fingerprint density at radius 2 is 1.74 bits per heavy atom. The summed E-state index contributed by atoms with van der Waals surface area (Å²) in [7, 11) is 1.46. The lowest BCUT2D eigenvalue weighted by Crippen LogP contribution is -2.18. The first-order valence-corrected chi connectivity index (χ1v) is 10.3. The summed E-state index contributed by atoms with van der Waals surface area (Å²) >= 11 is -2.72. The Labute approximate surface area is 180 Å². The van der Waals surface area contributed by atoms with E-state index in [-0.39, 0.29) is 5.78 Å². The van der Waals surface area contributed by atoms with Gasteiger partial charge in [0.1, 0.15) is 11.4 Å². The van der Waals surface area contributed by atoms with Crippen LogP contribution in [-0.2, 0) is 15.6 Å². The average Bonchev–Trinajstić information content (AvgIpc) is 3.16. The first kappa shape index (κ1) is 20.7. The highest BCUT2D eigenvalue weighted by atomic mass is 32.2. The third-order valence-corrected chi connectivity index (χ3v) is 5.22. The van der Waals surface area contributed by atoms with Gasteiger partial charge in [0.15, 0.2) is 12.1 Å². The second-order valence-electron chi connectivity index (χ2n) is 6.79. The molecule has 1 heterocycles. The van der Waals surface area contributed by atoms with Crippen molar-refractivity contribution in [2.45, 2.75) is 0 Å². The van der Waals surface area contributed by atoms with Crippen molar-refractivity contribution in [1.29, 1.82) is 0 Å². The Hall–Kier alpha value is -3.59. The van der Waals surface area contributed by atoms with Gasteiger partial charge in [0.25, 0.3) is 0 Å². The van der Waals surface area contributed by atoms with Gasteiger partial charge in [-0.3, -0.25) is 9.59 Å². The van der Waals surface area contributed by atoms with Crippen LogP contribution < -0.4 is 5.06 Å². The second-order valence-corrected chi connectivity index (χ2v) is 7.34. The van der Waals surface area contributed by atoms with E-state index in [4.69, 9.17) is 0 Å². The van der Waals surface area contributed by atoms with Crippen LogP contribution in [0.1, 0.15) is 26.4 Å². The molecule has 0 N–H and O–H groups in total. The minimum atomic E-state index is -2.72. The molecule has 8 heteroatoms. The fraction of sp³-hybridized carbons (Fsp3) is 0.0435. The summed E-state index contributed by atoms with van der Waals surface area (Å²) in [6, 6.07) is 22.8. The number of aldehydes is 1. The number of hydroxylamine groups is 1. The number of aromatic nitrogens is 1. The van der Waals surface area contributed by atoms with Gasteiger partial charge < -0.3 is 9.12 Å². The molecule has 31 heavy (non-hydrogen) atoms. The molecular formula is C23H17N2O5S-. The summed E-state index contributed by atoms with van der Waals surface area (Å²) in [6.45, 7) is 0. The zero-order chi connectivity index (χ0) is 22.0. The second kappa shape index (κ2) is 8.65. The van der Waals surface area contributed by atoms with Crippen molar-refractivity contribution in [2.24, 2.45) is 0 Å². The minimum absolute atomic E-state index is 0.127. The SMILES string of the molecule is CN(OS(=O)[O-])c1ccc2cc(C=O)n(-c3cccc(C(=O)c4ccccc4)c3)c2c1. The smallest absolute Gasteiger partial charge is 0.193 e. The van der Waals surface area contributed by atoms with Crippen LogP contribution >= 0.6 is 0 Å². The first-order valence-electron chi connectivity index (χ1n) is 9.30. The summed E-state index contributed by atoms with van der Waals surface area (Å²) in [5, 5.41) is 1.89. The van der Waals surface area contributed by atoms with E-state index in [1.165, 1.54) is 7.05 Å². The van der Waals surface area contributed by atoms with Crippen LogP contribution in [0.3, 0.4) is 0 Å². The van der Waals surface area contributed by atoms with Crippen LogP contribution in [0.4, 0.5) is 5.69 Å². The number of rotatable bonds is 7. The Kier molecular flexibility index (Phi) is 5.77. The molecule has 0 saturated heterocycles. The normalized spacial score (nSPS) is 11.9. The molecule has 156 valence electrons. The quantitative estimate of drug-likeness (QED) is 0.190. The van der Waals surface area contributed by atoms with Gasteiger partial charge in [-0.2, -0.15) is 4.28 Å². The zero-order valence-corrected chi connectivity index (χ0v) is 17.2. The number of hydrogen-bond donors (Lipinski definition) is 0. The molecule has 1 aromatic heterocycles. The van der Waals surface area contributed by atoms with E-state index >= 15 is 0 Å². The van der Waals surface area contributed by atoms with Crippen LogP contribution in [0.2, 0.25) is 0 Å². The minimum Gasteiger partial charge on any atom is -0.748 e. The Morgan fingerprint density at radius 3 is 2.45 bits per heavy atom. The van der Waals surface area contributed by atoms with Gasteiger partial charge in [0.05, 0.1) is 16.9 Å². The molecule has 4 aromatic rings. The maximum Gasteiger partial charge on any atom is 0.193 e. The molecule has 0 aliphatic heterocycles. The maximum absolute atomic E-state index is 12.9. The molecule has 0 radical (unpaired) electrons. The maximum atomic E-state index is 12.9. The molecule has 0 amide bonds. The fourth-order valence-electron chi connectivity index (χ4n) is 3.46. The predicted octanol–water partition coefficient (Wildman–Crippen LogP) is 3.84. The third-order valence-electron chi connectivity index (χ3n) is 4.88. The van der Waals surface area contributed by atoms with E-state index in [9.17, 15) is 18.4 Å². The Balaban J connectivity index is 1.82. The molecule has 7 nitrogen and oxygen atoms in total. The molecule has 1 unspecified atom stereocenters. The number of nitrogens with zero attached hydrogens (tertiary/aromatic N) is 2. The number of carbonyl (C=O) groups is 2. The average molecular weight is 433 g/mol. The highest BCUT2D eigenvalue weighted by Crippen LogP contribution is 2.28. The van der Waals surface area contributed by atoms with Crippen LogP contribution in [0.5, 0.6) is 0 Å². The fourth-order valence-corrected chi connectivity index (χ4v) is 3.73. The highest BCUT2D eigenvalue weighted by molar-refractivity contribution is 7.74. The van der Waals surface area contributed by atoms with Gasteiger partial charge in [0, 0.05) is 29.2 Å². The lowest BCUT2D eigenvalue weighted by molar-refractivity contribution is 0.103. The van der Waals surface area contributed by atoms with Crippen molar-refractivity contribution in [1.82, 2.24) is 4.57 Å². The van der Waals surface area contributed by atoms with E-state index in [0.29, 0.717) is 33.7 Å². The van der Waals surface area contributed by atoms with Gasteiger partial charge >= 0.3 is 0 Å². The van der Waals surface area contributed by atoms with Crippen molar-refractivity contribution in [3.05, 3.63) is 95.7 Å². The van der Waals surface area contributed by atoms with Crippen LogP contribution in [0.25, 0.3) is 16.6 Å². The number of fused-ring (bicyclic) bond motifs is 1. The zero-order valence-electron chi connectivity index (χ0n) is 16.4. The summed E-state index contributed by atoms with van der Waals surface area (Å²) in [5.74, 6) is -0.127. The van der Waals surface area contributed by atoms with E-state index in [2.05, 4.69) is 4.28 Å². The third kappa shape index (κ3) is 4.17. The lowest BCUT2D eigenvalue weighted by Gasteiger charge is -2.19. The van der Waals surface area contributed by atoms with Gasteiger partial charge in [-0.1, -0.05) is 48.5 Å². The number of anilines is 1. The van der Waals surface area contributed by atoms with Crippen LogP contribution in [-0.4, -0.2) is 32.4 Å². The van der Waals surface area contributed by atoms with E-state index in [1.54, 1.807) is 77.4 Å². The van der Waals surface area contributed by atoms with Crippen LogP contribution in [0, 0.1) is 0 Å². The molecule has 4 rings (SSSR count). The van der Waals surface area contributed by atoms with E-state index < -0.39 is 11.4 Å². The predicted molar refractivity (Wildman–Crippen MR) is 117 cm³/mol. The Bertz CT molecular complexity index is 1300. The van der Waals surface area contributed by atoms with Crippen molar-refractivity contribution >= 4 is 40.0 Å². The molecule has 0 fully saturated rings. The van der Waals surface area contributed by atoms with Gasteiger partial charge in [-0.25, -0.2) is 9.27 Å². The van der Waals surface area contributed by atoms with Crippen molar-refractivity contribution in [2.75, 3.05) is 12.1 Å². The largest absolute Gasteiger partial charge is 0.748 e. The molecule has 0 aliphatic rings. The van der Waals surface area contributed by atoms with Crippen LogP contribution in [0.15, 0.2) is 78.9 Å². The van der Waals surface area contributed by atoms with E-state index in [0.717, 1.165) is 16.7 Å². The highest BCUT2D eigenvalue weighted by Gasteiger charge is 2.15. The molecule has 1 atom stereocenters. The lowest BCUT2D eigenvalue weighted by atomic mass is 10.0. The molecule has 0 bridgehead atoms. The standard InChI is InChI=1S/C23H18N2O5S/c1-24(30-31(28)29)19-11-10-17-12-21(15-26)25(22(17)14-19)20-9-5-8-18(13-20)23(27)16-6-3-2-4-7-16/h2-15H,1H3,(H,28,29)/p-1. The van der Waals surface area contributed by atoms with Crippen molar-refractivity contribution in [3.8, 4) is 5.69 Å². The summed E-state index contributed by atoms with van der Waals surface area (Å²) < 4.78 is 28.1. The molecule has 3 aromatic carbocycles. The van der Waals surface area contributed by atoms with Crippen molar-refractivity contribution in [3.63, 3.8) is 0 Å². The molecule has 0 spiro atoms. The number of hydrogen-bond acceptors (Lipinski definition) is 6. The van der Waals surface area contributed by atoms with Crippen molar-refractivity contribution < 1.29 is 22.6 Å². The molecule has 0 aliphatic carbocycles. The monoisotopic (exact) mass is 433 g/mol. The first-order chi connectivity index (χ1) is 15.0. The molecule has 0 saturated carbocycles. The van der Waals surface area contributed by atoms with E-state index in [1.807, 2.05) is 6.07 Å². The summed E-state index contributed by atoms with van der Waals surface area (Å²) in [4.78, 5) is 24.6. The number of benzene rings is 3. The number of ketones is 1. The summed E-state index contributed by atoms with van der Waals surface area (Å²) in [6.07, 6.45) is 0.734. The number of carbonyl (C=O) groups excluding carboxylic acids is 2. The van der Waals surface area contributed by atoms with Gasteiger partial charge in [-0.15, -0.1) is 0 Å². The van der Waals surface area contributed by atoms with Gasteiger partial charge in [-0.05, 0) is 30.3 Å². The molecular weight excluding hydrogens is 416 g/mol. The Morgan fingerprint density at radius 1 is 1.00 bits per heavy atom.